The molecule has 0 bridgehead atoms. The van der Waals surface area contributed by atoms with Crippen LogP contribution in [0.15, 0.2) is 58.4 Å². The topological polar surface area (TPSA) is 105 Å². The van der Waals surface area contributed by atoms with Gasteiger partial charge in [-0.25, -0.2) is 13.4 Å². The minimum absolute atomic E-state index is 0.175. The first kappa shape index (κ1) is 19.1. The zero-order chi connectivity index (χ0) is 20.6. The van der Waals surface area contributed by atoms with Gasteiger partial charge in [0.25, 0.3) is 10.0 Å². The van der Waals surface area contributed by atoms with Crippen molar-refractivity contribution in [3.05, 3.63) is 59.9 Å². The summed E-state index contributed by atoms with van der Waals surface area (Å²) in [5.74, 6) is 0.800. The number of aliphatic imine (C=N–C) groups is 1. The Morgan fingerprint density at radius 2 is 1.93 bits per heavy atom. The molecule has 3 aromatic rings. The third-order valence-corrected chi connectivity index (χ3v) is 6.24. The molecule has 0 saturated heterocycles. The van der Waals surface area contributed by atoms with Crippen molar-refractivity contribution in [1.29, 1.82) is 0 Å². The monoisotopic (exact) mass is 411 g/mol. The number of imidazole rings is 1. The van der Waals surface area contributed by atoms with Crippen molar-refractivity contribution >= 4 is 32.8 Å². The maximum Gasteiger partial charge on any atom is 0.263 e. The molecule has 0 aliphatic carbocycles. The molecule has 0 unspecified atom stereocenters. The molecular formula is C20H21N5O3S. The molecule has 1 aliphatic heterocycles. The molecule has 8 nitrogen and oxygen atoms in total. The molecule has 150 valence electrons. The van der Waals surface area contributed by atoms with E-state index in [0.717, 1.165) is 16.9 Å². The molecule has 0 fully saturated rings. The van der Waals surface area contributed by atoms with Gasteiger partial charge in [0, 0.05) is 18.7 Å². The lowest BCUT2D eigenvalue weighted by Crippen LogP contribution is -2.35. The summed E-state index contributed by atoms with van der Waals surface area (Å²) in [6.45, 7) is 4.56. The Bertz CT molecular complexity index is 1230. The molecular weight excluding hydrogens is 390 g/mol. The maximum atomic E-state index is 12.5. The van der Waals surface area contributed by atoms with E-state index < -0.39 is 16.1 Å². The molecule has 29 heavy (non-hydrogen) atoms. The lowest BCUT2D eigenvalue weighted by Gasteiger charge is -2.11. The van der Waals surface area contributed by atoms with Gasteiger partial charge in [0.1, 0.15) is 17.7 Å². The van der Waals surface area contributed by atoms with Gasteiger partial charge in [0.2, 0.25) is 5.91 Å². The fourth-order valence-electron chi connectivity index (χ4n) is 3.40. The van der Waals surface area contributed by atoms with Crippen LogP contribution < -0.4 is 10.0 Å². The lowest BCUT2D eigenvalue weighted by molar-refractivity contribution is -0.121. The van der Waals surface area contributed by atoms with Crippen LogP contribution in [-0.4, -0.2) is 42.3 Å². The van der Waals surface area contributed by atoms with E-state index in [1.807, 2.05) is 35.8 Å². The van der Waals surface area contributed by atoms with E-state index in [1.165, 1.54) is 6.07 Å². The van der Waals surface area contributed by atoms with E-state index >= 15 is 0 Å². The third kappa shape index (κ3) is 3.61. The summed E-state index contributed by atoms with van der Waals surface area (Å²) in [7, 11) is -3.62. The summed E-state index contributed by atoms with van der Waals surface area (Å²) in [6.07, 6.45) is 0. The number of sulfonamides is 1. The SMILES string of the molecule is Cc1nc2ccccc2n1CCNC(=O)[C@@H](C)N=C1NS(=O)(=O)c2ccccc21. The predicted molar refractivity (Wildman–Crippen MR) is 110 cm³/mol. The number of nitrogens with one attached hydrogen (secondary N) is 2. The van der Waals surface area contributed by atoms with Gasteiger partial charge in [0.15, 0.2) is 0 Å². The van der Waals surface area contributed by atoms with Crippen LogP contribution in [0.4, 0.5) is 0 Å². The zero-order valence-corrected chi connectivity index (χ0v) is 16.9. The molecule has 2 heterocycles. The van der Waals surface area contributed by atoms with E-state index in [9.17, 15) is 13.2 Å². The van der Waals surface area contributed by atoms with Gasteiger partial charge >= 0.3 is 0 Å². The number of nitrogens with zero attached hydrogens (tertiary/aromatic N) is 3. The number of carbonyl (C=O) groups is 1. The number of benzene rings is 2. The maximum absolute atomic E-state index is 12.5. The van der Waals surface area contributed by atoms with Crippen molar-refractivity contribution in [1.82, 2.24) is 19.6 Å². The van der Waals surface area contributed by atoms with Crippen molar-refractivity contribution in [2.75, 3.05) is 6.54 Å². The first-order chi connectivity index (χ1) is 13.9. The van der Waals surface area contributed by atoms with Gasteiger partial charge < -0.3 is 9.88 Å². The Labute approximate surface area is 168 Å². The number of fused-ring (bicyclic) bond motifs is 2. The van der Waals surface area contributed by atoms with Crippen LogP contribution in [0.25, 0.3) is 11.0 Å². The number of amides is 1. The number of hydrogen-bond donors (Lipinski definition) is 2. The fraction of sp³-hybridized carbons (Fsp3) is 0.250. The normalized spacial score (nSPS) is 17.1. The number of carbonyl (C=O) groups excluding carboxylic acids is 1. The number of aryl methyl sites for hydroxylation is 1. The Morgan fingerprint density at radius 1 is 1.21 bits per heavy atom. The molecule has 9 heteroatoms. The van der Waals surface area contributed by atoms with Crippen molar-refractivity contribution < 1.29 is 13.2 Å². The average molecular weight is 411 g/mol. The minimum Gasteiger partial charge on any atom is -0.352 e. The van der Waals surface area contributed by atoms with E-state index in [2.05, 4.69) is 20.0 Å². The highest BCUT2D eigenvalue weighted by atomic mass is 32.2. The first-order valence-corrected chi connectivity index (χ1v) is 10.7. The second-order valence-electron chi connectivity index (χ2n) is 6.85. The number of amidine groups is 1. The van der Waals surface area contributed by atoms with Gasteiger partial charge in [-0.1, -0.05) is 24.3 Å². The van der Waals surface area contributed by atoms with Crippen LogP contribution in [-0.2, 0) is 21.4 Å². The highest BCUT2D eigenvalue weighted by molar-refractivity contribution is 7.90. The molecule has 1 amide bonds. The van der Waals surface area contributed by atoms with E-state index in [-0.39, 0.29) is 16.6 Å². The molecule has 0 saturated carbocycles. The van der Waals surface area contributed by atoms with Gasteiger partial charge in [0.05, 0.1) is 15.9 Å². The van der Waals surface area contributed by atoms with Crippen LogP contribution in [0.2, 0.25) is 0 Å². The Kier molecular flexibility index (Phi) is 4.83. The van der Waals surface area contributed by atoms with Crippen LogP contribution in [0.5, 0.6) is 0 Å². The second-order valence-corrected chi connectivity index (χ2v) is 8.50. The number of rotatable bonds is 5. The van der Waals surface area contributed by atoms with Gasteiger partial charge in [-0.3, -0.25) is 14.5 Å². The smallest absolute Gasteiger partial charge is 0.263 e. The lowest BCUT2D eigenvalue weighted by atomic mass is 10.2. The van der Waals surface area contributed by atoms with Crippen LogP contribution in [0.1, 0.15) is 18.3 Å². The zero-order valence-electron chi connectivity index (χ0n) is 16.1. The van der Waals surface area contributed by atoms with Crippen LogP contribution in [0.3, 0.4) is 0 Å². The largest absolute Gasteiger partial charge is 0.352 e. The molecule has 1 aromatic heterocycles. The predicted octanol–water partition coefficient (Wildman–Crippen LogP) is 1.59. The molecule has 2 N–H and O–H groups in total. The van der Waals surface area contributed by atoms with E-state index in [4.69, 9.17) is 0 Å². The summed E-state index contributed by atoms with van der Waals surface area (Å²) >= 11 is 0. The minimum atomic E-state index is -3.62. The van der Waals surface area contributed by atoms with Crippen LogP contribution in [0, 0.1) is 6.92 Å². The Hall–Kier alpha value is -3.20. The summed E-state index contributed by atoms with van der Waals surface area (Å²) in [5, 5.41) is 2.86. The third-order valence-electron chi connectivity index (χ3n) is 4.84. The van der Waals surface area contributed by atoms with Crippen LogP contribution >= 0.6 is 0 Å². The van der Waals surface area contributed by atoms with E-state index in [0.29, 0.717) is 18.7 Å². The molecule has 0 radical (unpaired) electrons. The Balaban J connectivity index is 1.43. The van der Waals surface area contributed by atoms with Gasteiger partial charge in [-0.05, 0) is 38.1 Å². The summed E-state index contributed by atoms with van der Waals surface area (Å²) in [6, 6.07) is 13.7. The first-order valence-electron chi connectivity index (χ1n) is 9.26. The highest BCUT2D eigenvalue weighted by Crippen LogP contribution is 2.22. The fourth-order valence-corrected chi connectivity index (χ4v) is 4.64. The molecule has 1 atom stereocenters. The van der Waals surface area contributed by atoms with Gasteiger partial charge in [-0.2, -0.15) is 0 Å². The molecule has 0 spiro atoms. The average Bonchev–Trinajstić information content (AvgIpc) is 3.15. The van der Waals surface area contributed by atoms with Gasteiger partial charge in [-0.15, -0.1) is 0 Å². The summed E-state index contributed by atoms with van der Waals surface area (Å²) < 4.78 is 28.8. The standard InChI is InChI=1S/C20H21N5O3S/c1-13(22-19-15-7-3-6-10-18(15)29(27,28)24-19)20(26)21-11-12-25-14(2)23-16-8-4-5-9-17(16)25/h3-10,13H,11-12H2,1-2H3,(H,21,26)(H,22,24)/t13-/m1/s1. The number of para-hydroxylation sites is 2. The summed E-state index contributed by atoms with van der Waals surface area (Å²) in [4.78, 5) is 21.4. The Morgan fingerprint density at radius 3 is 2.76 bits per heavy atom. The van der Waals surface area contributed by atoms with Crippen molar-refractivity contribution in [3.63, 3.8) is 0 Å². The highest BCUT2D eigenvalue weighted by Gasteiger charge is 2.31. The van der Waals surface area contributed by atoms with Crippen molar-refractivity contribution in [3.8, 4) is 0 Å². The number of aromatic nitrogens is 2. The number of hydrogen-bond acceptors (Lipinski definition) is 5. The van der Waals surface area contributed by atoms with E-state index in [1.54, 1.807) is 25.1 Å². The summed E-state index contributed by atoms with van der Waals surface area (Å²) in [5.41, 5.74) is 2.42. The second kappa shape index (κ2) is 7.32. The molecule has 1 aliphatic rings. The van der Waals surface area contributed by atoms with Crippen molar-refractivity contribution in [2.45, 2.75) is 31.3 Å². The van der Waals surface area contributed by atoms with Crippen molar-refractivity contribution in [2.24, 2.45) is 4.99 Å². The molecule has 4 rings (SSSR count). The molecule has 2 aromatic carbocycles. The quantitative estimate of drug-likeness (QED) is 0.665.